The second-order valence-electron chi connectivity index (χ2n) is 5.79. The quantitative estimate of drug-likeness (QED) is 0.727. The maximum atomic E-state index is 11.8. The van der Waals surface area contributed by atoms with E-state index in [2.05, 4.69) is 17.3 Å². The molecule has 0 bridgehead atoms. The third-order valence-electron chi connectivity index (χ3n) is 2.91. The number of rotatable bonds is 5. The van der Waals surface area contributed by atoms with Crippen LogP contribution in [0.15, 0.2) is 0 Å². The number of hydrogen-bond donors (Lipinski definition) is 2. The Balaban J connectivity index is 2.40. The van der Waals surface area contributed by atoms with Gasteiger partial charge in [0.05, 0.1) is 0 Å². The van der Waals surface area contributed by atoms with Crippen LogP contribution in [0.4, 0.5) is 0 Å². The van der Waals surface area contributed by atoms with Gasteiger partial charge in [-0.25, -0.2) is 0 Å². The fraction of sp³-hybridized carbons (Fsp3) is 0.917. The summed E-state index contributed by atoms with van der Waals surface area (Å²) in [5.74, 6) is 0.0930. The lowest BCUT2D eigenvalue weighted by molar-refractivity contribution is -0.123. The molecule has 0 heterocycles. The average Bonchev–Trinajstić information content (AvgIpc) is 2.93. The number of carbonyl (C=O) groups is 1. The second kappa shape index (κ2) is 5.15. The van der Waals surface area contributed by atoms with Gasteiger partial charge in [-0.3, -0.25) is 9.69 Å². The third-order valence-corrected chi connectivity index (χ3v) is 2.91. The largest absolute Gasteiger partial charge is 0.351 e. The fourth-order valence-corrected chi connectivity index (χ4v) is 1.86. The molecule has 1 amide bonds. The molecule has 0 aliphatic heterocycles. The van der Waals surface area contributed by atoms with Gasteiger partial charge in [-0.05, 0) is 40.7 Å². The van der Waals surface area contributed by atoms with Crippen molar-refractivity contribution in [3.05, 3.63) is 0 Å². The van der Waals surface area contributed by atoms with E-state index in [1.807, 2.05) is 20.8 Å². The van der Waals surface area contributed by atoms with E-state index >= 15 is 0 Å². The molecule has 94 valence electrons. The van der Waals surface area contributed by atoms with E-state index in [1.165, 1.54) is 12.8 Å². The van der Waals surface area contributed by atoms with Crippen molar-refractivity contribution in [2.75, 3.05) is 13.6 Å². The van der Waals surface area contributed by atoms with Crippen LogP contribution in [0.3, 0.4) is 0 Å². The number of nitrogens with zero attached hydrogens (tertiary/aromatic N) is 1. The van der Waals surface area contributed by atoms with Gasteiger partial charge in [0.15, 0.2) is 0 Å². The molecule has 0 aromatic rings. The molecular weight excluding hydrogens is 202 g/mol. The van der Waals surface area contributed by atoms with Gasteiger partial charge in [-0.2, -0.15) is 0 Å². The van der Waals surface area contributed by atoms with E-state index in [4.69, 9.17) is 5.73 Å². The summed E-state index contributed by atoms with van der Waals surface area (Å²) in [6.07, 6.45) is 2.99. The Morgan fingerprint density at radius 2 is 2.06 bits per heavy atom. The zero-order valence-electron chi connectivity index (χ0n) is 10.9. The Morgan fingerprint density at radius 1 is 1.50 bits per heavy atom. The predicted molar refractivity (Wildman–Crippen MR) is 66.1 cm³/mol. The van der Waals surface area contributed by atoms with Crippen molar-refractivity contribution in [1.82, 2.24) is 10.2 Å². The van der Waals surface area contributed by atoms with E-state index in [1.54, 1.807) is 0 Å². The smallest absolute Gasteiger partial charge is 0.222 e. The summed E-state index contributed by atoms with van der Waals surface area (Å²) in [4.78, 5) is 14.0. The minimum atomic E-state index is -0.158. The van der Waals surface area contributed by atoms with Gasteiger partial charge in [0.25, 0.3) is 0 Å². The molecule has 0 aromatic heterocycles. The first-order valence-corrected chi connectivity index (χ1v) is 6.06. The van der Waals surface area contributed by atoms with E-state index in [0.717, 1.165) is 0 Å². The highest BCUT2D eigenvalue weighted by Gasteiger charge is 2.31. The van der Waals surface area contributed by atoms with Crippen molar-refractivity contribution >= 4 is 5.91 Å². The molecule has 4 nitrogen and oxygen atoms in total. The summed E-state index contributed by atoms with van der Waals surface area (Å²) in [6.45, 7) is 6.53. The second-order valence-corrected chi connectivity index (χ2v) is 5.79. The van der Waals surface area contributed by atoms with Gasteiger partial charge >= 0.3 is 0 Å². The van der Waals surface area contributed by atoms with Crippen LogP contribution in [-0.4, -0.2) is 42.0 Å². The number of nitrogens with two attached hydrogens (primary N) is 1. The summed E-state index contributed by atoms with van der Waals surface area (Å²) in [7, 11) is 2.07. The molecular formula is C12H25N3O. The van der Waals surface area contributed by atoms with Crippen molar-refractivity contribution in [3.63, 3.8) is 0 Å². The highest BCUT2D eigenvalue weighted by molar-refractivity contribution is 5.77. The van der Waals surface area contributed by atoms with Crippen LogP contribution >= 0.6 is 0 Å². The molecule has 1 unspecified atom stereocenters. The van der Waals surface area contributed by atoms with Crippen LogP contribution in [0.5, 0.6) is 0 Å². The molecule has 1 aliphatic rings. The highest BCUT2D eigenvalue weighted by Crippen LogP contribution is 2.27. The van der Waals surface area contributed by atoms with Crippen LogP contribution in [0, 0.1) is 0 Å². The Kier molecular flexibility index (Phi) is 4.33. The number of nitrogens with one attached hydrogen (secondary N) is 1. The zero-order valence-corrected chi connectivity index (χ0v) is 10.9. The van der Waals surface area contributed by atoms with Crippen molar-refractivity contribution < 1.29 is 4.79 Å². The van der Waals surface area contributed by atoms with Crippen molar-refractivity contribution in [1.29, 1.82) is 0 Å². The fourth-order valence-electron chi connectivity index (χ4n) is 1.86. The summed E-state index contributed by atoms with van der Waals surface area (Å²) >= 11 is 0. The monoisotopic (exact) mass is 227 g/mol. The van der Waals surface area contributed by atoms with E-state index < -0.39 is 0 Å². The van der Waals surface area contributed by atoms with Crippen LogP contribution in [0.2, 0.25) is 0 Å². The van der Waals surface area contributed by atoms with Crippen LogP contribution in [0.25, 0.3) is 0 Å². The first kappa shape index (κ1) is 13.5. The Hall–Kier alpha value is -0.610. The average molecular weight is 227 g/mol. The van der Waals surface area contributed by atoms with Gasteiger partial charge < -0.3 is 11.1 Å². The first-order chi connectivity index (χ1) is 7.33. The molecule has 1 aliphatic carbocycles. The zero-order chi connectivity index (χ0) is 12.3. The van der Waals surface area contributed by atoms with E-state index in [9.17, 15) is 4.79 Å². The molecule has 1 atom stereocenters. The standard InChI is InChI=1S/C12H25N3O/c1-12(2,3)14-11(16)7-10(8-13)15(4)9-5-6-9/h9-10H,5-8,13H2,1-4H3,(H,14,16). The molecule has 0 radical (unpaired) electrons. The molecule has 0 saturated heterocycles. The van der Waals surface area contributed by atoms with Crippen LogP contribution in [-0.2, 0) is 4.79 Å². The minimum Gasteiger partial charge on any atom is -0.351 e. The summed E-state index contributed by atoms with van der Waals surface area (Å²) in [5.41, 5.74) is 5.57. The molecule has 0 spiro atoms. The number of carbonyl (C=O) groups excluding carboxylic acids is 1. The molecule has 3 N–H and O–H groups in total. The van der Waals surface area contributed by atoms with Crippen molar-refractivity contribution in [2.45, 2.75) is 57.7 Å². The van der Waals surface area contributed by atoms with E-state index in [0.29, 0.717) is 19.0 Å². The van der Waals surface area contributed by atoms with Gasteiger partial charge in [-0.1, -0.05) is 0 Å². The third kappa shape index (κ3) is 4.49. The predicted octanol–water partition coefficient (Wildman–Crippen LogP) is 0.713. The topological polar surface area (TPSA) is 58.4 Å². The lowest BCUT2D eigenvalue weighted by atomic mass is 10.1. The maximum Gasteiger partial charge on any atom is 0.222 e. The Labute approximate surface area is 98.6 Å². The van der Waals surface area contributed by atoms with Crippen LogP contribution < -0.4 is 11.1 Å². The molecule has 1 rings (SSSR count). The summed E-state index contributed by atoms with van der Waals surface area (Å²) in [5, 5.41) is 2.98. The Morgan fingerprint density at radius 3 is 2.44 bits per heavy atom. The first-order valence-electron chi connectivity index (χ1n) is 6.06. The minimum absolute atomic E-state index is 0.0930. The molecule has 4 heteroatoms. The number of likely N-dealkylation sites (N-methyl/N-ethyl adjacent to an activating group) is 1. The normalized spacial score (nSPS) is 18.6. The van der Waals surface area contributed by atoms with Crippen molar-refractivity contribution in [3.8, 4) is 0 Å². The molecule has 1 fully saturated rings. The lowest BCUT2D eigenvalue weighted by Crippen LogP contribution is -2.46. The van der Waals surface area contributed by atoms with Gasteiger partial charge in [0.1, 0.15) is 0 Å². The summed E-state index contributed by atoms with van der Waals surface area (Å²) in [6, 6.07) is 0.825. The maximum absolute atomic E-state index is 11.8. The molecule has 1 saturated carbocycles. The Bertz CT molecular complexity index is 243. The highest BCUT2D eigenvalue weighted by atomic mass is 16.1. The van der Waals surface area contributed by atoms with Gasteiger partial charge in [0, 0.05) is 30.6 Å². The van der Waals surface area contributed by atoms with Crippen molar-refractivity contribution in [2.24, 2.45) is 5.73 Å². The molecule has 0 aromatic carbocycles. The van der Waals surface area contributed by atoms with Gasteiger partial charge in [-0.15, -0.1) is 0 Å². The summed E-state index contributed by atoms with van der Waals surface area (Å²) < 4.78 is 0. The lowest BCUT2D eigenvalue weighted by Gasteiger charge is -2.28. The van der Waals surface area contributed by atoms with Crippen LogP contribution in [0.1, 0.15) is 40.0 Å². The van der Waals surface area contributed by atoms with Gasteiger partial charge in [0.2, 0.25) is 5.91 Å². The number of hydrogen-bond acceptors (Lipinski definition) is 3. The SMILES string of the molecule is CN(C1CC1)C(CN)CC(=O)NC(C)(C)C. The number of amides is 1. The molecule has 16 heavy (non-hydrogen) atoms. The van der Waals surface area contributed by atoms with E-state index in [-0.39, 0.29) is 17.5 Å².